The largest absolute Gasteiger partial charge is 0.478 e. The minimum Gasteiger partial charge on any atom is -0.478 e. The number of benzene rings is 1. The number of hydrogen-bond acceptors (Lipinski definition) is 3. The van der Waals surface area contributed by atoms with Crippen LogP contribution in [0.15, 0.2) is 18.2 Å². The molecule has 4 nitrogen and oxygen atoms in total. The molecule has 1 aliphatic heterocycles. The number of carbonyl (C=O) groups is 1. The van der Waals surface area contributed by atoms with Crippen molar-refractivity contribution in [2.75, 3.05) is 18.9 Å². The second kappa shape index (κ2) is 5.80. The highest BCUT2D eigenvalue weighted by Crippen LogP contribution is 2.26. The smallest absolute Gasteiger partial charge is 0.335 e. The molecule has 0 spiro atoms. The van der Waals surface area contributed by atoms with Gasteiger partial charge in [-0.1, -0.05) is 11.6 Å². The van der Waals surface area contributed by atoms with Gasteiger partial charge in [0.1, 0.15) is 0 Å². The fourth-order valence-electron chi connectivity index (χ4n) is 2.41. The van der Waals surface area contributed by atoms with Gasteiger partial charge in [0, 0.05) is 18.6 Å². The van der Waals surface area contributed by atoms with E-state index in [1.54, 1.807) is 12.1 Å². The van der Waals surface area contributed by atoms with Crippen molar-refractivity contribution < 1.29 is 9.90 Å². The van der Waals surface area contributed by atoms with Gasteiger partial charge in [-0.15, -0.1) is 0 Å². The Morgan fingerprint density at radius 3 is 2.84 bits per heavy atom. The standard InChI is InChI=1S/C14H19ClN2O2/c1-9-7-11(5-6-17(9)2)16-13-4-3-10(14(18)19)8-12(13)15/h3-4,8-9,11,16H,5-7H2,1-2H3,(H,18,19). The van der Waals surface area contributed by atoms with E-state index in [1.165, 1.54) is 6.07 Å². The van der Waals surface area contributed by atoms with Crippen molar-refractivity contribution >= 4 is 23.3 Å². The van der Waals surface area contributed by atoms with Crippen LogP contribution in [0, 0.1) is 0 Å². The minimum atomic E-state index is -0.957. The van der Waals surface area contributed by atoms with E-state index in [2.05, 4.69) is 24.2 Å². The normalized spacial score (nSPS) is 24.2. The Balaban J connectivity index is 2.05. The summed E-state index contributed by atoms with van der Waals surface area (Å²) in [6.45, 7) is 3.27. The molecular weight excluding hydrogens is 264 g/mol. The molecule has 5 heteroatoms. The van der Waals surface area contributed by atoms with Crippen molar-refractivity contribution in [2.24, 2.45) is 0 Å². The van der Waals surface area contributed by atoms with E-state index >= 15 is 0 Å². The lowest BCUT2D eigenvalue weighted by molar-refractivity contribution is 0.0697. The van der Waals surface area contributed by atoms with Crippen LogP contribution in [-0.4, -0.2) is 41.7 Å². The van der Waals surface area contributed by atoms with Crippen molar-refractivity contribution in [3.05, 3.63) is 28.8 Å². The molecule has 2 N–H and O–H groups in total. The maximum atomic E-state index is 10.8. The molecule has 0 saturated carbocycles. The molecule has 0 aliphatic carbocycles. The van der Waals surface area contributed by atoms with Crippen LogP contribution in [0.4, 0.5) is 5.69 Å². The van der Waals surface area contributed by atoms with E-state index in [1.807, 2.05) is 0 Å². The van der Waals surface area contributed by atoms with E-state index in [4.69, 9.17) is 16.7 Å². The second-order valence-electron chi connectivity index (χ2n) is 5.20. The molecule has 1 aromatic rings. The summed E-state index contributed by atoms with van der Waals surface area (Å²) in [4.78, 5) is 13.2. The number of hydrogen-bond donors (Lipinski definition) is 2. The van der Waals surface area contributed by atoms with Gasteiger partial charge in [-0.05, 0) is 45.0 Å². The van der Waals surface area contributed by atoms with Crippen LogP contribution >= 0.6 is 11.6 Å². The van der Waals surface area contributed by atoms with Gasteiger partial charge in [0.15, 0.2) is 0 Å². The van der Waals surface area contributed by atoms with Crippen LogP contribution in [0.2, 0.25) is 5.02 Å². The summed E-state index contributed by atoms with van der Waals surface area (Å²) in [7, 11) is 2.13. The Hall–Kier alpha value is -1.26. The Labute approximate surface area is 118 Å². The Kier molecular flexibility index (Phi) is 4.32. The quantitative estimate of drug-likeness (QED) is 0.895. The summed E-state index contributed by atoms with van der Waals surface area (Å²) >= 11 is 6.12. The van der Waals surface area contributed by atoms with Crippen LogP contribution in [0.3, 0.4) is 0 Å². The van der Waals surface area contributed by atoms with Gasteiger partial charge < -0.3 is 15.3 Å². The summed E-state index contributed by atoms with van der Waals surface area (Å²) < 4.78 is 0. The molecule has 0 radical (unpaired) electrons. The topological polar surface area (TPSA) is 52.6 Å². The zero-order chi connectivity index (χ0) is 14.0. The summed E-state index contributed by atoms with van der Waals surface area (Å²) in [5, 5.41) is 12.8. The van der Waals surface area contributed by atoms with Crippen LogP contribution in [0.5, 0.6) is 0 Å². The molecule has 0 aromatic heterocycles. The van der Waals surface area contributed by atoms with Crippen LogP contribution in [-0.2, 0) is 0 Å². The average Bonchev–Trinajstić information content (AvgIpc) is 2.36. The van der Waals surface area contributed by atoms with Crippen molar-refractivity contribution in [1.29, 1.82) is 0 Å². The molecule has 1 aromatic carbocycles. The first kappa shape index (κ1) is 14.2. The molecule has 2 rings (SSSR count). The highest BCUT2D eigenvalue weighted by Gasteiger charge is 2.23. The molecular formula is C14H19ClN2O2. The predicted octanol–water partition coefficient (Wildman–Crippen LogP) is 2.93. The first-order chi connectivity index (χ1) is 8.97. The predicted molar refractivity (Wildman–Crippen MR) is 77.1 cm³/mol. The fourth-order valence-corrected chi connectivity index (χ4v) is 2.64. The van der Waals surface area contributed by atoms with Crippen molar-refractivity contribution in [2.45, 2.75) is 31.8 Å². The number of aromatic carboxylic acids is 1. The highest BCUT2D eigenvalue weighted by atomic mass is 35.5. The molecule has 1 aliphatic rings. The maximum Gasteiger partial charge on any atom is 0.335 e. The summed E-state index contributed by atoms with van der Waals surface area (Å²) in [5.74, 6) is -0.957. The van der Waals surface area contributed by atoms with Gasteiger partial charge in [0.25, 0.3) is 0 Å². The molecule has 2 unspecified atom stereocenters. The van der Waals surface area contributed by atoms with E-state index < -0.39 is 5.97 Å². The van der Waals surface area contributed by atoms with Crippen LogP contribution in [0.25, 0.3) is 0 Å². The van der Waals surface area contributed by atoms with Gasteiger partial charge >= 0.3 is 5.97 Å². The lowest BCUT2D eigenvalue weighted by atomic mass is 9.98. The summed E-state index contributed by atoms with van der Waals surface area (Å²) in [6.07, 6.45) is 2.13. The summed E-state index contributed by atoms with van der Waals surface area (Å²) in [6, 6.07) is 5.75. The average molecular weight is 283 g/mol. The molecule has 2 atom stereocenters. The number of anilines is 1. The van der Waals surface area contributed by atoms with E-state index in [-0.39, 0.29) is 5.56 Å². The minimum absolute atomic E-state index is 0.215. The second-order valence-corrected chi connectivity index (χ2v) is 5.60. The van der Waals surface area contributed by atoms with Crippen molar-refractivity contribution in [3.63, 3.8) is 0 Å². The van der Waals surface area contributed by atoms with Gasteiger partial charge in [-0.2, -0.15) is 0 Å². The number of halogens is 1. The molecule has 0 amide bonds. The molecule has 19 heavy (non-hydrogen) atoms. The molecule has 1 fully saturated rings. The maximum absolute atomic E-state index is 10.8. The zero-order valence-electron chi connectivity index (χ0n) is 11.2. The van der Waals surface area contributed by atoms with Gasteiger partial charge in [-0.3, -0.25) is 0 Å². The molecule has 0 bridgehead atoms. The van der Waals surface area contributed by atoms with Crippen molar-refractivity contribution in [1.82, 2.24) is 4.90 Å². The van der Waals surface area contributed by atoms with Gasteiger partial charge in [-0.25, -0.2) is 4.79 Å². The van der Waals surface area contributed by atoms with Gasteiger partial charge in [0.2, 0.25) is 0 Å². The molecule has 1 heterocycles. The molecule has 1 saturated heterocycles. The Bertz CT molecular complexity index is 479. The van der Waals surface area contributed by atoms with Crippen molar-refractivity contribution in [3.8, 4) is 0 Å². The lowest BCUT2D eigenvalue weighted by Crippen LogP contribution is -2.42. The Morgan fingerprint density at radius 2 is 2.26 bits per heavy atom. The number of carboxylic acids is 1. The lowest BCUT2D eigenvalue weighted by Gasteiger charge is -2.35. The Morgan fingerprint density at radius 1 is 1.53 bits per heavy atom. The fraction of sp³-hybridized carbons (Fsp3) is 0.500. The third-order valence-corrected chi connectivity index (χ3v) is 4.10. The number of nitrogens with one attached hydrogen (secondary N) is 1. The number of rotatable bonds is 3. The summed E-state index contributed by atoms with van der Waals surface area (Å²) in [5.41, 5.74) is 1.03. The highest BCUT2D eigenvalue weighted by molar-refractivity contribution is 6.33. The van der Waals surface area contributed by atoms with E-state index in [0.717, 1.165) is 25.1 Å². The molecule has 104 valence electrons. The first-order valence-corrected chi connectivity index (χ1v) is 6.85. The van der Waals surface area contributed by atoms with Gasteiger partial charge in [0.05, 0.1) is 16.3 Å². The number of likely N-dealkylation sites (tertiary alicyclic amines) is 1. The first-order valence-electron chi connectivity index (χ1n) is 6.47. The van der Waals surface area contributed by atoms with E-state index in [0.29, 0.717) is 17.1 Å². The van der Waals surface area contributed by atoms with Crippen LogP contribution < -0.4 is 5.32 Å². The number of carboxylic acid groups (broad SMARTS) is 1. The monoisotopic (exact) mass is 282 g/mol. The van der Waals surface area contributed by atoms with Crippen LogP contribution in [0.1, 0.15) is 30.1 Å². The zero-order valence-corrected chi connectivity index (χ0v) is 11.9. The number of nitrogens with zero attached hydrogens (tertiary/aromatic N) is 1. The third-order valence-electron chi connectivity index (χ3n) is 3.78. The SMILES string of the molecule is CC1CC(Nc2ccc(C(=O)O)cc2Cl)CCN1C. The van der Waals surface area contributed by atoms with E-state index in [9.17, 15) is 4.79 Å². The number of piperidine rings is 1. The third kappa shape index (κ3) is 3.39.